The predicted molar refractivity (Wildman–Crippen MR) is 134 cm³/mol. The maximum atomic E-state index is 13.7. The Labute approximate surface area is 204 Å². The van der Waals surface area contributed by atoms with Gasteiger partial charge in [0, 0.05) is 36.0 Å². The molecule has 0 bridgehead atoms. The van der Waals surface area contributed by atoms with Crippen molar-refractivity contribution in [2.75, 3.05) is 14.2 Å². The lowest BCUT2D eigenvalue weighted by atomic mass is 9.73. The van der Waals surface area contributed by atoms with Gasteiger partial charge in [-0.25, -0.2) is 0 Å². The zero-order chi connectivity index (χ0) is 25.3. The Hall–Kier alpha value is -3.87. The minimum atomic E-state index is -0.525. The molecule has 0 radical (unpaired) electrons. The topological polar surface area (TPSA) is 86.6 Å². The lowest BCUT2D eigenvalue weighted by Crippen LogP contribution is -2.38. The van der Waals surface area contributed by atoms with Crippen molar-refractivity contribution < 1.29 is 19.1 Å². The van der Waals surface area contributed by atoms with E-state index in [0.29, 0.717) is 46.7 Å². The first-order chi connectivity index (χ1) is 16.6. The van der Waals surface area contributed by atoms with E-state index in [0.717, 1.165) is 5.56 Å². The van der Waals surface area contributed by atoms with Crippen LogP contribution < -0.4 is 20.3 Å². The van der Waals surface area contributed by atoms with E-state index in [1.807, 2.05) is 45.0 Å². The molecule has 7 heteroatoms. The van der Waals surface area contributed by atoms with Crippen molar-refractivity contribution in [3.8, 4) is 17.2 Å². The van der Waals surface area contributed by atoms with E-state index in [2.05, 4.69) is 5.32 Å². The van der Waals surface area contributed by atoms with Crippen LogP contribution in [0.25, 0.3) is 5.69 Å². The van der Waals surface area contributed by atoms with Gasteiger partial charge in [0.05, 0.1) is 14.2 Å². The number of pyridine rings is 1. The molecule has 3 aromatic rings. The van der Waals surface area contributed by atoms with Gasteiger partial charge in [-0.1, -0.05) is 31.5 Å². The highest BCUT2D eigenvalue weighted by Crippen LogP contribution is 2.36. The number of methoxy groups -OCH3 is 2. The Kier molecular flexibility index (Phi) is 6.52. The summed E-state index contributed by atoms with van der Waals surface area (Å²) in [7, 11) is 3.11. The number of hydrogen-bond donors (Lipinski definition) is 1. The number of amides is 1. The molecule has 1 aliphatic rings. The molecule has 0 aliphatic heterocycles. The standard InChI is InChI=1S/C28H30N2O5/c1-17-6-8-19(9-7-17)30-16-22-21(13-28(2,3)14-23(22)31)25(27(30)33)26(32)29-15-18-12-20(34-4)10-11-24(18)35-5/h6-12,16H,13-15H2,1-5H3,(H,29,32). The van der Waals surface area contributed by atoms with E-state index in [-0.39, 0.29) is 23.3 Å². The molecule has 0 saturated carbocycles. The molecule has 2 aromatic carbocycles. The summed E-state index contributed by atoms with van der Waals surface area (Å²) in [6.45, 7) is 6.03. The molecule has 0 saturated heterocycles. The molecule has 1 heterocycles. The summed E-state index contributed by atoms with van der Waals surface area (Å²) >= 11 is 0. The smallest absolute Gasteiger partial charge is 0.268 e. The van der Waals surface area contributed by atoms with Crippen molar-refractivity contribution in [2.45, 2.75) is 40.2 Å². The van der Waals surface area contributed by atoms with Gasteiger partial charge in [0.25, 0.3) is 11.5 Å². The van der Waals surface area contributed by atoms with Gasteiger partial charge in [0.15, 0.2) is 5.78 Å². The summed E-state index contributed by atoms with van der Waals surface area (Å²) in [4.78, 5) is 40.3. The van der Waals surface area contributed by atoms with Crippen molar-refractivity contribution in [1.29, 1.82) is 0 Å². The number of hydrogen-bond acceptors (Lipinski definition) is 5. The van der Waals surface area contributed by atoms with Crippen LogP contribution in [0.1, 0.15) is 57.7 Å². The number of carbonyl (C=O) groups is 2. The largest absolute Gasteiger partial charge is 0.497 e. The monoisotopic (exact) mass is 474 g/mol. The second-order valence-electron chi connectivity index (χ2n) is 9.71. The number of nitrogens with one attached hydrogen (secondary N) is 1. The Bertz CT molecular complexity index is 1350. The number of benzene rings is 2. The van der Waals surface area contributed by atoms with E-state index in [9.17, 15) is 14.4 Å². The second kappa shape index (κ2) is 9.41. The first-order valence-electron chi connectivity index (χ1n) is 11.5. The summed E-state index contributed by atoms with van der Waals surface area (Å²) in [6.07, 6.45) is 2.40. The Morgan fingerprint density at radius 1 is 1.03 bits per heavy atom. The quantitative estimate of drug-likeness (QED) is 0.577. The van der Waals surface area contributed by atoms with Gasteiger partial charge in [0.2, 0.25) is 0 Å². The van der Waals surface area contributed by atoms with Crippen LogP contribution >= 0.6 is 0 Å². The lowest BCUT2D eigenvalue weighted by molar-refractivity contribution is 0.0908. The number of fused-ring (bicyclic) bond motifs is 1. The SMILES string of the molecule is COc1ccc(OC)c(CNC(=O)c2c3c(cn(-c4ccc(C)cc4)c2=O)C(=O)CC(C)(C)C3)c1. The molecule has 0 unspecified atom stereocenters. The lowest BCUT2D eigenvalue weighted by Gasteiger charge is -2.31. The number of aryl methyl sites for hydroxylation is 1. The first kappa shape index (κ1) is 24.3. The van der Waals surface area contributed by atoms with Gasteiger partial charge in [-0.15, -0.1) is 0 Å². The van der Waals surface area contributed by atoms with Gasteiger partial charge in [0.1, 0.15) is 17.1 Å². The van der Waals surface area contributed by atoms with Crippen molar-refractivity contribution in [3.63, 3.8) is 0 Å². The van der Waals surface area contributed by atoms with Crippen LogP contribution in [0, 0.1) is 12.3 Å². The highest BCUT2D eigenvalue weighted by Gasteiger charge is 2.36. The third-order valence-electron chi connectivity index (χ3n) is 6.38. The molecule has 1 aromatic heterocycles. The van der Waals surface area contributed by atoms with Gasteiger partial charge in [-0.2, -0.15) is 0 Å². The van der Waals surface area contributed by atoms with E-state index < -0.39 is 11.5 Å². The predicted octanol–water partition coefficient (Wildman–Crippen LogP) is 4.25. The number of carbonyl (C=O) groups excluding carboxylic acids is 2. The normalized spacial score (nSPS) is 14.3. The molecule has 182 valence electrons. The fourth-order valence-electron chi connectivity index (χ4n) is 4.56. The Morgan fingerprint density at radius 3 is 2.40 bits per heavy atom. The van der Waals surface area contributed by atoms with Crippen LogP contribution in [0.15, 0.2) is 53.5 Å². The molecule has 1 amide bonds. The van der Waals surface area contributed by atoms with Crippen LogP contribution in [0.2, 0.25) is 0 Å². The van der Waals surface area contributed by atoms with Crippen molar-refractivity contribution >= 4 is 11.7 Å². The van der Waals surface area contributed by atoms with Crippen molar-refractivity contribution in [3.05, 3.63) is 86.8 Å². The van der Waals surface area contributed by atoms with E-state index in [4.69, 9.17) is 9.47 Å². The van der Waals surface area contributed by atoms with E-state index >= 15 is 0 Å². The second-order valence-corrected chi connectivity index (χ2v) is 9.71. The van der Waals surface area contributed by atoms with Crippen LogP contribution in [0.4, 0.5) is 0 Å². The van der Waals surface area contributed by atoms with E-state index in [1.165, 1.54) is 4.57 Å². The van der Waals surface area contributed by atoms with E-state index in [1.54, 1.807) is 38.6 Å². The molecule has 0 fully saturated rings. The number of rotatable bonds is 6. The average molecular weight is 475 g/mol. The minimum Gasteiger partial charge on any atom is -0.497 e. The summed E-state index contributed by atoms with van der Waals surface area (Å²) in [5.41, 5.74) is 2.49. The number of ketones is 1. The molecule has 0 atom stereocenters. The molecular formula is C28H30N2O5. The number of nitrogens with zero attached hydrogens (tertiary/aromatic N) is 1. The Balaban J connectivity index is 1.80. The summed E-state index contributed by atoms with van der Waals surface area (Å²) in [5.74, 6) is 0.625. The third kappa shape index (κ3) is 4.85. The molecular weight excluding hydrogens is 444 g/mol. The molecule has 4 rings (SSSR count). The van der Waals surface area contributed by atoms with Gasteiger partial charge < -0.3 is 14.8 Å². The van der Waals surface area contributed by atoms with Gasteiger partial charge in [-0.3, -0.25) is 19.0 Å². The zero-order valence-electron chi connectivity index (χ0n) is 20.7. The average Bonchev–Trinajstić information content (AvgIpc) is 2.82. The zero-order valence-corrected chi connectivity index (χ0v) is 20.7. The number of ether oxygens (including phenoxy) is 2. The van der Waals surface area contributed by atoms with Gasteiger partial charge in [-0.05, 0) is 54.7 Å². The van der Waals surface area contributed by atoms with Crippen LogP contribution in [0.3, 0.4) is 0 Å². The van der Waals surface area contributed by atoms with Crippen LogP contribution in [0.5, 0.6) is 11.5 Å². The van der Waals surface area contributed by atoms with Gasteiger partial charge >= 0.3 is 0 Å². The molecule has 7 nitrogen and oxygen atoms in total. The first-order valence-corrected chi connectivity index (χ1v) is 11.5. The number of Topliss-reactive ketones (excluding diaryl/α,β-unsaturated/α-hetero) is 1. The van der Waals surface area contributed by atoms with Crippen molar-refractivity contribution in [2.24, 2.45) is 5.41 Å². The third-order valence-corrected chi connectivity index (χ3v) is 6.38. The summed E-state index contributed by atoms with van der Waals surface area (Å²) in [6, 6.07) is 12.7. The Morgan fingerprint density at radius 2 is 1.74 bits per heavy atom. The summed E-state index contributed by atoms with van der Waals surface area (Å²) < 4.78 is 12.1. The molecule has 35 heavy (non-hydrogen) atoms. The van der Waals surface area contributed by atoms with Crippen LogP contribution in [-0.2, 0) is 13.0 Å². The molecule has 0 spiro atoms. The van der Waals surface area contributed by atoms with Crippen molar-refractivity contribution in [1.82, 2.24) is 9.88 Å². The fourth-order valence-corrected chi connectivity index (χ4v) is 4.56. The fraction of sp³-hybridized carbons (Fsp3) is 0.321. The molecule has 1 aliphatic carbocycles. The highest BCUT2D eigenvalue weighted by atomic mass is 16.5. The maximum absolute atomic E-state index is 13.7. The highest BCUT2D eigenvalue weighted by molar-refractivity contribution is 6.04. The molecule has 1 N–H and O–H groups in total. The number of aromatic nitrogens is 1. The van der Waals surface area contributed by atoms with Crippen LogP contribution in [-0.4, -0.2) is 30.5 Å². The summed E-state index contributed by atoms with van der Waals surface area (Å²) in [5, 5.41) is 2.86. The maximum Gasteiger partial charge on any atom is 0.268 e. The minimum absolute atomic E-state index is 0.00561.